The minimum Gasteiger partial charge on any atom is -0.294 e. The minimum atomic E-state index is -0.0261. The molecule has 0 amide bonds. The second kappa shape index (κ2) is 2.84. The minimum absolute atomic E-state index is 0.0261. The van der Waals surface area contributed by atoms with Crippen LogP contribution in [0.2, 0.25) is 5.02 Å². The van der Waals surface area contributed by atoms with Gasteiger partial charge in [-0.05, 0) is 13.0 Å². The van der Waals surface area contributed by atoms with Crippen LogP contribution in [0.4, 0.5) is 0 Å². The third-order valence-corrected chi connectivity index (χ3v) is 1.50. The Morgan fingerprint density at radius 3 is 2.80 bits per heavy atom. The summed E-state index contributed by atoms with van der Waals surface area (Å²) in [6, 6.07) is 7.82. The number of ketones is 1. The van der Waals surface area contributed by atoms with Crippen molar-refractivity contribution in [2.75, 3.05) is 0 Å². The number of hydrogen-bond acceptors (Lipinski definition) is 1. The van der Waals surface area contributed by atoms with E-state index >= 15 is 0 Å². The highest BCUT2D eigenvalue weighted by Crippen LogP contribution is 2.13. The van der Waals surface area contributed by atoms with E-state index in [1.54, 1.807) is 18.2 Å². The zero-order valence-electron chi connectivity index (χ0n) is 5.52. The van der Waals surface area contributed by atoms with Crippen molar-refractivity contribution < 1.29 is 4.79 Å². The van der Waals surface area contributed by atoms with Crippen molar-refractivity contribution in [3.63, 3.8) is 0 Å². The topological polar surface area (TPSA) is 17.1 Å². The Labute approximate surface area is 64.6 Å². The van der Waals surface area contributed by atoms with Crippen LogP contribution in [0.15, 0.2) is 18.2 Å². The number of hydrogen-bond donors (Lipinski definition) is 0. The van der Waals surface area contributed by atoms with E-state index in [0.29, 0.717) is 10.6 Å². The summed E-state index contributed by atoms with van der Waals surface area (Å²) < 4.78 is 0. The highest BCUT2D eigenvalue weighted by atomic mass is 35.5. The largest absolute Gasteiger partial charge is 0.294 e. The second-order valence-corrected chi connectivity index (χ2v) is 2.33. The molecule has 1 rings (SSSR count). The SMILES string of the molecule is CC(=O)c1ccc[c]c1Cl. The third-order valence-electron chi connectivity index (χ3n) is 1.18. The van der Waals surface area contributed by atoms with Gasteiger partial charge in [-0.1, -0.05) is 23.7 Å². The van der Waals surface area contributed by atoms with Crippen LogP contribution in [0.1, 0.15) is 17.3 Å². The molecule has 0 aliphatic heterocycles. The van der Waals surface area contributed by atoms with Gasteiger partial charge in [0.25, 0.3) is 0 Å². The van der Waals surface area contributed by atoms with Crippen molar-refractivity contribution in [1.29, 1.82) is 0 Å². The molecular formula is C8H6ClO. The van der Waals surface area contributed by atoms with E-state index in [9.17, 15) is 4.79 Å². The van der Waals surface area contributed by atoms with Crippen molar-refractivity contribution in [3.8, 4) is 0 Å². The van der Waals surface area contributed by atoms with Crippen LogP contribution in [0.25, 0.3) is 0 Å². The maximum atomic E-state index is 10.8. The molecule has 0 spiro atoms. The van der Waals surface area contributed by atoms with E-state index in [0.717, 1.165) is 0 Å². The summed E-state index contributed by atoms with van der Waals surface area (Å²) in [6.07, 6.45) is 0. The number of carbonyl (C=O) groups excluding carboxylic acids is 1. The molecule has 1 nitrogen and oxygen atoms in total. The molecule has 0 aliphatic rings. The van der Waals surface area contributed by atoms with Crippen LogP contribution in [0, 0.1) is 6.07 Å². The predicted octanol–water partition coefficient (Wildman–Crippen LogP) is 2.34. The van der Waals surface area contributed by atoms with Gasteiger partial charge in [-0.3, -0.25) is 4.79 Å². The molecule has 0 N–H and O–H groups in total. The van der Waals surface area contributed by atoms with Crippen LogP contribution in [-0.2, 0) is 0 Å². The van der Waals surface area contributed by atoms with E-state index < -0.39 is 0 Å². The second-order valence-electron chi connectivity index (χ2n) is 1.95. The molecule has 1 aromatic carbocycles. The van der Waals surface area contributed by atoms with Crippen molar-refractivity contribution in [3.05, 3.63) is 34.9 Å². The molecule has 0 aromatic heterocycles. The van der Waals surface area contributed by atoms with Crippen molar-refractivity contribution in [2.45, 2.75) is 6.92 Å². The van der Waals surface area contributed by atoms with Gasteiger partial charge in [0.1, 0.15) is 0 Å². The molecule has 51 valence electrons. The lowest BCUT2D eigenvalue weighted by atomic mass is 10.1. The zero-order chi connectivity index (χ0) is 7.56. The molecule has 0 atom stereocenters. The summed E-state index contributed by atoms with van der Waals surface area (Å²) in [4.78, 5) is 10.8. The van der Waals surface area contributed by atoms with E-state index in [1.165, 1.54) is 6.92 Å². The summed E-state index contributed by atoms with van der Waals surface area (Å²) >= 11 is 5.64. The number of Topliss-reactive ketones (excluding diaryl/α,β-unsaturated/α-hetero) is 1. The van der Waals surface area contributed by atoms with Gasteiger partial charge in [0.2, 0.25) is 0 Å². The first kappa shape index (κ1) is 7.29. The Kier molecular flexibility index (Phi) is 2.07. The molecule has 0 unspecified atom stereocenters. The van der Waals surface area contributed by atoms with Gasteiger partial charge in [0, 0.05) is 11.6 Å². The molecule has 0 saturated carbocycles. The maximum Gasteiger partial charge on any atom is 0.161 e. The maximum absolute atomic E-state index is 10.8. The molecular weight excluding hydrogens is 148 g/mol. The first-order chi connectivity index (χ1) is 4.72. The summed E-state index contributed by atoms with van der Waals surface area (Å²) in [5.41, 5.74) is 0.532. The molecule has 10 heavy (non-hydrogen) atoms. The fourth-order valence-corrected chi connectivity index (χ4v) is 0.947. The molecule has 1 aromatic rings. The third kappa shape index (κ3) is 1.36. The first-order valence-electron chi connectivity index (χ1n) is 2.89. The van der Waals surface area contributed by atoms with E-state index in [-0.39, 0.29) is 5.78 Å². The molecule has 1 radical (unpaired) electrons. The van der Waals surface area contributed by atoms with E-state index in [1.807, 2.05) is 0 Å². The van der Waals surface area contributed by atoms with E-state index in [4.69, 9.17) is 11.6 Å². The molecule has 0 heterocycles. The smallest absolute Gasteiger partial charge is 0.161 e. The Morgan fingerprint density at radius 2 is 2.40 bits per heavy atom. The number of rotatable bonds is 1. The van der Waals surface area contributed by atoms with Gasteiger partial charge < -0.3 is 0 Å². The summed E-state index contributed by atoms with van der Waals surface area (Å²) in [5, 5.41) is 0.398. The van der Waals surface area contributed by atoms with Gasteiger partial charge in [0.15, 0.2) is 5.78 Å². The van der Waals surface area contributed by atoms with E-state index in [2.05, 4.69) is 6.07 Å². The van der Waals surface area contributed by atoms with Gasteiger partial charge in [0.05, 0.1) is 5.02 Å². The average molecular weight is 154 g/mol. The highest BCUT2D eigenvalue weighted by molar-refractivity contribution is 6.33. The van der Waals surface area contributed by atoms with Crippen LogP contribution >= 0.6 is 11.6 Å². The Hall–Kier alpha value is -0.820. The number of carbonyl (C=O) groups is 1. The quantitative estimate of drug-likeness (QED) is 0.566. The Morgan fingerprint density at radius 1 is 1.70 bits per heavy atom. The molecule has 0 aliphatic carbocycles. The summed E-state index contributed by atoms with van der Waals surface area (Å²) in [6.45, 7) is 1.48. The first-order valence-corrected chi connectivity index (χ1v) is 3.27. The van der Waals surface area contributed by atoms with Crippen molar-refractivity contribution in [2.24, 2.45) is 0 Å². The fraction of sp³-hybridized carbons (Fsp3) is 0.125. The molecule has 2 heteroatoms. The van der Waals surface area contributed by atoms with Crippen LogP contribution in [0.3, 0.4) is 0 Å². The normalized spacial score (nSPS) is 9.40. The molecule has 0 fully saturated rings. The van der Waals surface area contributed by atoms with Gasteiger partial charge >= 0.3 is 0 Å². The van der Waals surface area contributed by atoms with Gasteiger partial charge in [-0.15, -0.1) is 0 Å². The summed E-state index contributed by atoms with van der Waals surface area (Å²) in [5.74, 6) is -0.0261. The lowest BCUT2D eigenvalue weighted by Crippen LogP contribution is -1.91. The standard InChI is InChI=1S/C8H6ClO/c1-6(10)7-4-2-3-5-8(7)9/h2-4H,1H3. The zero-order valence-corrected chi connectivity index (χ0v) is 6.27. The predicted molar refractivity (Wildman–Crippen MR) is 40.3 cm³/mol. The molecule has 0 saturated heterocycles. The van der Waals surface area contributed by atoms with Crippen LogP contribution < -0.4 is 0 Å². The van der Waals surface area contributed by atoms with Gasteiger partial charge in [-0.2, -0.15) is 0 Å². The van der Waals surface area contributed by atoms with Gasteiger partial charge in [-0.25, -0.2) is 0 Å². The number of benzene rings is 1. The monoisotopic (exact) mass is 153 g/mol. The van der Waals surface area contributed by atoms with Crippen LogP contribution in [0.5, 0.6) is 0 Å². The lowest BCUT2D eigenvalue weighted by Gasteiger charge is -1.95. The fourth-order valence-electron chi connectivity index (χ4n) is 0.688. The Balaban J connectivity index is 3.15. The highest BCUT2D eigenvalue weighted by Gasteiger charge is 2.01. The average Bonchev–Trinajstić information content (AvgIpc) is 1.88. The van der Waals surface area contributed by atoms with Crippen molar-refractivity contribution >= 4 is 17.4 Å². The summed E-state index contributed by atoms with van der Waals surface area (Å²) in [7, 11) is 0. The van der Waals surface area contributed by atoms with Crippen LogP contribution in [-0.4, -0.2) is 5.78 Å². The Bertz CT molecular complexity index is 255. The lowest BCUT2D eigenvalue weighted by molar-refractivity contribution is 0.101. The van der Waals surface area contributed by atoms with Crippen molar-refractivity contribution in [1.82, 2.24) is 0 Å². The molecule has 0 bridgehead atoms. The number of halogens is 1.